The number of nitrogens with one attached hydrogen (secondary N) is 1. The molecule has 0 heterocycles. The van der Waals surface area contributed by atoms with Crippen molar-refractivity contribution in [2.45, 2.75) is 52.0 Å². The SMILES string of the molecule is CCC(C#N)(CC)NC(=O)c1ccc(C(C)C)cc1. The molecule has 0 aliphatic carbocycles. The van der Waals surface area contributed by atoms with E-state index in [1.54, 1.807) is 0 Å². The summed E-state index contributed by atoms with van der Waals surface area (Å²) in [5.74, 6) is 0.266. The van der Waals surface area contributed by atoms with Gasteiger partial charge in [0, 0.05) is 5.56 Å². The van der Waals surface area contributed by atoms with Crippen LogP contribution in [0.15, 0.2) is 24.3 Å². The predicted octanol–water partition coefficient (Wildman–Crippen LogP) is 3.62. The summed E-state index contributed by atoms with van der Waals surface area (Å²) in [4.78, 5) is 12.2. The molecule has 1 amide bonds. The highest BCUT2D eigenvalue weighted by atomic mass is 16.1. The molecule has 0 aliphatic rings. The van der Waals surface area contributed by atoms with Crippen molar-refractivity contribution in [3.8, 4) is 6.07 Å². The highest BCUT2D eigenvalue weighted by molar-refractivity contribution is 5.95. The van der Waals surface area contributed by atoms with E-state index in [1.165, 1.54) is 5.56 Å². The van der Waals surface area contributed by atoms with Gasteiger partial charge in [-0.15, -0.1) is 0 Å². The predicted molar refractivity (Wildman–Crippen MR) is 76.9 cm³/mol. The van der Waals surface area contributed by atoms with Crippen LogP contribution in [0.5, 0.6) is 0 Å². The standard InChI is InChI=1S/C16H22N2O/c1-5-16(6-2,11-17)18-15(19)14-9-7-13(8-10-14)12(3)4/h7-10,12H,5-6H2,1-4H3,(H,18,19). The molecule has 1 rings (SSSR count). The number of carbonyl (C=O) groups excluding carboxylic acids is 1. The number of benzene rings is 1. The summed E-state index contributed by atoms with van der Waals surface area (Å²) in [6.45, 7) is 8.05. The van der Waals surface area contributed by atoms with E-state index in [0.717, 1.165) is 0 Å². The zero-order valence-corrected chi connectivity index (χ0v) is 12.2. The van der Waals surface area contributed by atoms with Gasteiger partial charge < -0.3 is 5.32 Å². The molecular weight excluding hydrogens is 236 g/mol. The second-order valence-corrected chi connectivity index (χ2v) is 5.13. The zero-order valence-electron chi connectivity index (χ0n) is 12.2. The second-order valence-electron chi connectivity index (χ2n) is 5.13. The number of hydrogen-bond acceptors (Lipinski definition) is 2. The molecule has 1 aromatic carbocycles. The molecule has 1 aromatic rings. The smallest absolute Gasteiger partial charge is 0.252 e. The van der Waals surface area contributed by atoms with Crippen molar-refractivity contribution in [3.05, 3.63) is 35.4 Å². The quantitative estimate of drug-likeness (QED) is 0.877. The largest absolute Gasteiger partial charge is 0.334 e. The lowest BCUT2D eigenvalue weighted by atomic mass is 9.94. The molecule has 0 spiro atoms. The van der Waals surface area contributed by atoms with Crippen molar-refractivity contribution in [2.24, 2.45) is 0 Å². The Morgan fingerprint density at radius 1 is 1.26 bits per heavy atom. The van der Waals surface area contributed by atoms with Crippen LogP contribution in [-0.2, 0) is 0 Å². The fourth-order valence-electron chi connectivity index (χ4n) is 1.92. The lowest BCUT2D eigenvalue weighted by molar-refractivity contribution is 0.0915. The summed E-state index contributed by atoms with van der Waals surface area (Å²) in [6, 6.07) is 9.78. The summed E-state index contributed by atoms with van der Waals surface area (Å²) in [5.41, 5.74) is 1.05. The van der Waals surface area contributed by atoms with Crippen molar-refractivity contribution in [3.63, 3.8) is 0 Å². The summed E-state index contributed by atoms with van der Waals surface area (Å²) >= 11 is 0. The molecule has 0 fully saturated rings. The average molecular weight is 258 g/mol. The van der Waals surface area contributed by atoms with Gasteiger partial charge in [-0.3, -0.25) is 4.79 Å². The van der Waals surface area contributed by atoms with Crippen molar-refractivity contribution in [1.29, 1.82) is 5.26 Å². The topological polar surface area (TPSA) is 52.9 Å². The third kappa shape index (κ3) is 3.57. The lowest BCUT2D eigenvalue weighted by Crippen LogP contribution is -2.46. The molecule has 0 aliphatic heterocycles. The molecule has 3 heteroatoms. The van der Waals surface area contributed by atoms with Crippen LogP contribution in [-0.4, -0.2) is 11.4 Å². The van der Waals surface area contributed by atoms with Gasteiger partial charge in [0.05, 0.1) is 6.07 Å². The van der Waals surface area contributed by atoms with Gasteiger partial charge >= 0.3 is 0 Å². The molecule has 0 saturated heterocycles. The fourth-order valence-corrected chi connectivity index (χ4v) is 1.92. The number of carbonyl (C=O) groups is 1. The molecule has 0 radical (unpaired) electrons. The minimum absolute atomic E-state index is 0.180. The van der Waals surface area contributed by atoms with Gasteiger partial charge in [-0.05, 0) is 36.5 Å². The van der Waals surface area contributed by atoms with E-state index in [0.29, 0.717) is 24.3 Å². The Morgan fingerprint density at radius 3 is 2.16 bits per heavy atom. The molecule has 0 unspecified atom stereocenters. The van der Waals surface area contributed by atoms with E-state index in [9.17, 15) is 10.1 Å². The number of nitriles is 1. The van der Waals surface area contributed by atoms with Gasteiger partial charge in [0.2, 0.25) is 0 Å². The van der Waals surface area contributed by atoms with Crippen LogP contribution in [0.1, 0.15) is 62.4 Å². The Bertz CT molecular complexity index is 465. The molecule has 3 nitrogen and oxygen atoms in total. The van der Waals surface area contributed by atoms with Crippen LogP contribution in [0.3, 0.4) is 0 Å². The maximum atomic E-state index is 12.2. The van der Waals surface area contributed by atoms with Gasteiger partial charge in [0.25, 0.3) is 5.91 Å². The van der Waals surface area contributed by atoms with Crippen LogP contribution >= 0.6 is 0 Å². The van der Waals surface area contributed by atoms with Crippen molar-refractivity contribution >= 4 is 5.91 Å². The maximum Gasteiger partial charge on any atom is 0.252 e. The van der Waals surface area contributed by atoms with E-state index in [2.05, 4.69) is 25.2 Å². The van der Waals surface area contributed by atoms with Gasteiger partial charge in [0.15, 0.2) is 0 Å². The Labute approximate surface area is 115 Å². The minimum atomic E-state index is -0.756. The van der Waals surface area contributed by atoms with Crippen molar-refractivity contribution < 1.29 is 4.79 Å². The first-order chi connectivity index (χ1) is 8.98. The van der Waals surface area contributed by atoms with E-state index < -0.39 is 5.54 Å². The molecule has 0 saturated carbocycles. The van der Waals surface area contributed by atoms with Gasteiger partial charge in [-0.1, -0.05) is 39.8 Å². The van der Waals surface area contributed by atoms with Crippen LogP contribution in [0.4, 0.5) is 0 Å². The zero-order chi connectivity index (χ0) is 14.5. The van der Waals surface area contributed by atoms with Crippen LogP contribution in [0.25, 0.3) is 0 Å². The Hall–Kier alpha value is -1.82. The van der Waals surface area contributed by atoms with Crippen LogP contribution < -0.4 is 5.32 Å². The Balaban J connectivity index is 2.87. The van der Waals surface area contributed by atoms with Gasteiger partial charge in [-0.2, -0.15) is 5.26 Å². The normalized spacial score (nSPS) is 11.2. The molecule has 19 heavy (non-hydrogen) atoms. The summed E-state index contributed by atoms with van der Waals surface area (Å²) in [5, 5.41) is 12.1. The Morgan fingerprint density at radius 2 is 1.79 bits per heavy atom. The third-order valence-electron chi connectivity index (χ3n) is 3.61. The van der Waals surface area contributed by atoms with E-state index in [-0.39, 0.29) is 5.91 Å². The summed E-state index contributed by atoms with van der Waals surface area (Å²) < 4.78 is 0. The van der Waals surface area contributed by atoms with Crippen LogP contribution in [0.2, 0.25) is 0 Å². The molecule has 1 N–H and O–H groups in total. The van der Waals surface area contributed by atoms with E-state index in [4.69, 9.17) is 0 Å². The first-order valence-electron chi connectivity index (χ1n) is 6.81. The maximum absolute atomic E-state index is 12.2. The fraction of sp³-hybridized carbons (Fsp3) is 0.500. The summed E-state index contributed by atoms with van der Waals surface area (Å²) in [6.07, 6.45) is 1.21. The first kappa shape index (κ1) is 15.2. The summed E-state index contributed by atoms with van der Waals surface area (Å²) in [7, 11) is 0. The molecular formula is C16H22N2O. The lowest BCUT2D eigenvalue weighted by Gasteiger charge is -2.25. The molecule has 0 bridgehead atoms. The number of amides is 1. The minimum Gasteiger partial charge on any atom is -0.334 e. The number of nitrogens with zero attached hydrogens (tertiary/aromatic N) is 1. The second kappa shape index (κ2) is 6.38. The Kier molecular flexibility index (Phi) is 5.11. The average Bonchev–Trinajstić information content (AvgIpc) is 2.45. The molecule has 0 atom stereocenters. The van der Waals surface area contributed by atoms with Crippen LogP contribution in [0, 0.1) is 11.3 Å². The monoisotopic (exact) mass is 258 g/mol. The first-order valence-corrected chi connectivity index (χ1v) is 6.81. The van der Waals surface area contributed by atoms with E-state index in [1.807, 2.05) is 38.1 Å². The van der Waals surface area contributed by atoms with E-state index >= 15 is 0 Å². The number of hydrogen-bond donors (Lipinski definition) is 1. The van der Waals surface area contributed by atoms with Crippen molar-refractivity contribution in [2.75, 3.05) is 0 Å². The molecule has 0 aromatic heterocycles. The highest BCUT2D eigenvalue weighted by Gasteiger charge is 2.28. The van der Waals surface area contributed by atoms with Crippen molar-refractivity contribution in [1.82, 2.24) is 5.32 Å². The third-order valence-corrected chi connectivity index (χ3v) is 3.61. The van der Waals surface area contributed by atoms with Gasteiger partial charge in [0.1, 0.15) is 5.54 Å². The highest BCUT2D eigenvalue weighted by Crippen LogP contribution is 2.17. The van der Waals surface area contributed by atoms with Gasteiger partial charge in [-0.25, -0.2) is 0 Å². The number of rotatable bonds is 5. The molecule has 102 valence electrons.